The lowest BCUT2D eigenvalue weighted by Crippen LogP contribution is -2.25. The molecule has 0 N–H and O–H groups in total. The zero-order valence-electron chi connectivity index (χ0n) is 9.41. The predicted octanol–water partition coefficient (Wildman–Crippen LogP) is 3.69. The number of halogens is 2. The van der Waals surface area contributed by atoms with Gasteiger partial charge in [-0.3, -0.25) is 4.79 Å². The van der Waals surface area contributed by atoms with Crippen LogP contribution in [0.15, 0.2) is 16.6 Å². The zero-order valence-corrected chi connectivity index (χ0v) is 12.6. The Bertz CT molecular complexity index is 466. The molecular weight excluding hydrogens is 322 g/mol. The van der Waals surface area contributed by atoms with Crippen LogP contribution in [0.1, 0.15) is 12.0 Å². The van der Waals surface area contributed by atoms with Gasteiger partial charge in [-0.1, -0.05) is 11.6 Å². The van der Waals surface area contributed by atoms with E-state index in [2.05, 4.69) is 28.6 Å². The summed E-state index contributed by atoms with van der Waals surface area (Å²) in [5.74, 6) is 1.24. The third-order valence-corrected chi connectivity index (χ3v) is 4.71. The molecule has 5 heteroatoms. The maximum atomic E-state index is 11.9. The van der Waals surface area contributed by atoms with Crippen molar-refractivity contribution in [3.8, 4) is 0 Å². The minimum absolute atomic E-state index is 0.158. The lowest BCUT2D eigenvalue weighted by Gasteiger charge is -2.19. The molecule has 92 valence electrons. The van der Waals surface area contributed by atoms with E-state index in [9.17, 15) is 4.79 Å². The summed E-state index contributed by atoms with van der Waals surface area (Å²) in [5, 5.41) is 0.632. The maximum absolute atomic E-state index is 11.9. The first-order valence-electron chi connectivity index (χ1n) is 5.39. The fourth-order valence-electron chi connectivity index (χ4n) is 2.06. The summed E-state index contributed by atoms with van der Waals surface area (Å²) in [5.41, 5.74) is 1.96. The van der Waals surface area contributed by atoms with E-state index in [0.29, 0.717) is 17.4 Å². The first-order chi connectivity index (χ1) is 8.02. The lowest BCUT2D eigenvalue weighted by molar-refractivity contribution is -0.117. The van der Waals surface area contributed by atoms with Crippen molar-refractivity contribution in [3.63, 3.8) is 0 Å². The molecule has 0 spiro atoms. The molecule has 1 amide bonds. The second kappa shape index (κ2) is 5.21. The highest BCUT2D eigenvalue weighted by atomic mass is 79.9. The van der Waals surface area contributed by atoms with E-state index in [1.807, 2.05) is 24.0 Å². The summed E-state index contributed by atoms with van der Waals surface area (Å²) in [6, 6.07) is 3.79. The third kappa shape index (κ3) is 2.64. The fourth-order valence-corrected chi connectivity index (χ4v) is 2.92. The highest BCUT2D eigenvalue weighted by molar-refractivity contribution is 9.10. The highest BCUT2D eigenvalue weighted by Crippen LogP contribution is 2.34. The smallest absolute Gasteiger partial charge is 0.227 e. The lowest BCUT2D eigenvalue weighted by atomic mass is 10.1. The van der Waals surface area contributed by atoms with E-state index in [0.717, 1.165) is 28.0 Å². The molecule has 1 aromatic rings. The summed E-state index contributed by atoms with van der Waals surface area (Å²) in [6.45, 7) is 2.72. The van der Waals surface area contributed by atoms with Crippen LogP contribution in [-0.4, -0.2) is 18.2 Å². The number of carbonyl (C=O) groups is 1. The minimum Gasteiger partial charge on any atom is -0.312 e. The number of anilines is 1. The maximum Gasteiger partial charge on any atom is 0.227 e. The largest absolute Gasteiger partial charge is 0.312 e. The average molecular weight is 335 g/mol. The molecule has 1 aliphatic rings. The molecular formula is C12H13BrClNOS. The zero-order chi connectivity index (χ0) is 12.6. The van der Waals surface area contributed by atoms with Crippen molar-refractivity contribution in [2.45, 2.75) is 13.3 Å². The number of carbonyl (C=O) groups excluding carboxylic acids is 1. The van der Waals surface area contributed by atoms with Gasteiger partial charge in [0.2, 0.25) is 5.91 Å². The number of hydrogen-bond acceptors (Lipinski definition) is 2. The van der Waals surface area contributed by atoms with Crippen molar-refractivity contribution in [1.29, 1.82) is 0 Å². The van der Waals surface area contributed by atoms with Gasteiger partial charge in [0.15, 0.2) is 0 Å². The van der Waals surface area contributed by atoms with E-state index < -0.39 is 0 Å². The molecule has 0 aliphatic carbocycles. The quantitative estimate of drug-likeness (QED) is 0.818. The molecule has 2 rings (SSSR count). The Morgan fingerprint density at radius 2 is 2.29 bits per heavy atom. The van der Waals surface area contributed by atoms with Crippen LogP contribution < -0.4 is 4.90 Å². The first kappa shape index (κ1) is 13.2. The molecule has 1 aliphatic heterocycles. The van der Waals surface area contributed by atoms with Gasteiger partial charge in [0.05, 0.1) is 5.02 Å². The van der Waals surface area contributed by atoms with Crippen molar-refractivity contribution in [3.05, 3.63) is 27.2 Å². The van der Waals surface area contributed by atoms with E-state index in [-0.39, 0.29) is 5.91 Å². The number of thiol groups is 1. The van der Waals surface area contributed by atoms with E-state index >= 15 is 0 Å². The number of nitrogens with zero attached hydrogens (tertiary/aromatic N) is 1. The van der Waals surface area contributed by atoms with Crippen molar-refractivity contribution < 1.29 is 4.79 Å². The highest BCUT2D eigenvalue weighted by Gasteiger charge is 2.30. The van der Waals surface area contributed by atoms with Crippen molar-refractivity contribution >= 4 is 51.8 Å². The topological polar surface area (TPSA) is 20.3 Å². The second-order valence-corrected chi connectivity index (χ2v) is 5.94. The van der Waals surface area contributed by atoms with Crippen LogP contribution in [0.25, 0.3) is 0 Å². The second-order valence-electron chi connectivity index (χ2n) is 4.31. The Morgan fingerprint density at radius 1 is 1.59 bits per heavy atom. The van der Waals surface area contributed by atoms with Gasteiger partial charge < -0.3 is 4.90 Å². The number of amides is 1. The van der Waals surface area contributed by atoms with Crippen LogP contribution >= 0.6 is 40.2 Å². The fraction of sp³-hybridized carbons (Fsp3) is 0.417. The summed E-state index contributed by atoms with van der Waals surface area (Å²) in [6.07, 6.45) is 0.580. The minimum atomic E-state index is 0.158. The van der Waals surface area contributed by atoms with Gasteiger partial charge in [-0.25, -0.2) is 0 Å². The molecule has 1 fully saturated rings. The van der Waals surface area contributed by atoms with Crippen LogP contribution in [0.3, 0.4) is 0 Å². The summed E-state index contributed by atoms with van der Waals surface area (Å²) in [4.78, 5) is 13.7. The number of aryl methyl sites for hydroxylation is 1. The molecule has 1 heterocycles. The molecule has 0 saturated carbocycles. The molecule has 17 heavy (non-hydrogen) atoms. The van der Waals surface area contributed by atoms with E-state index in [1.165, 1.54) is 0 Å². The Labute approximate surface area is 120 Å². The molecule has 1 unspecified atom stereocenters. The SMILES string of the molecule is Cc1cc(Br)c(Cl)cc1N1CC(CS)CC1=O. The molecule has 0 radical (unpaired) electrons. The van der Waals surface area contributed by atoms with Crippen LogP contribution in [0.2, 0.25) is 5.02 Å². The van der Waals surface area contributed by atoms with E-state index in [4.69, 9.17) is 11.6 Å². The van der Waals surface area contributed by atoms with Gasteiger partial charge in [0, 0.05) is 23.1 Å². The van der Waals surface area contributed by atoms with Gasteiger partial charge in [-0.2, -0.15) is 12.6 Å². The summed E-state index contributed by atoms with van der Waals surface area (Å²) in [7, 11) is 0. The summed E-state index contributed by atoms with van der Waals surface area (Å²) < 4.78 is 0.859. The third-order valence-electron chi connectivity index (χ3n) is 2.99. The van der Waals surface area contributed by atoms with Crippen LogP contribution in [0.5, 0.6) is 0 Å². The van der Waals surface area contributed by atoms with Crippen LogP contribution in [-0.2, 0) is 4.79 Å². The van der Waals surface area contributed by atoms with Crippen LogP contribution in [0, 0.1) is 12.8 Å². The van der Waals surface area contributed by atoms with Gasteiger partial charge in [0.1, 0.15) is 0 Å². The molecule has 1 atom stereocenters. The summed E-state index contributed by atoms with van der Waals surface area (Å²) >= 11 is 13.7. The Kier molecular flexibility index (Phi) is 4.06. The normalized spacial score (nSPS) is 20.1. The van der Waals surface area contributed by atoms with E-state index in [1.54, 1.807) is 0 Å². The Balaban J connectivity index is 2.35. The standard InChI is InChI=1S/C12H13BrClNOS/c1-7-2-9(13)10(14)4-11(7)15-5-8(6-17)3-12(15)16/h2,4,8,17H,3,5-6H2,1H3. The van der Waals surface area contributed by atoms with Gasteiger partial charge in [-0.15, -0.1) is 0 Å². The number of rotatable bonds is 2. The van der Waals surface area contributed by atoms with Crippen molar-refractivity contribution in [2.75, 3.05) is 17.2 Å². The van der Waals surface area contributed by atoms with Gasteiger partial charge in [0.25, 0.3) is 0 Å². The average Bonchev–Trinajstić information content (AvgIpc) is 2.65. The molecule has 1 aromatic carbocycles. The molecule has 1 saturated heterocycles. The monoisotopic (exact) mass is 333 g/mol. The number of hydrogen-bond donors (Lipinski definition) is 1. The molecule has 0 bridgehead atoms. The number of benzene rings is 1. The Morgan fingerprint density at radius 3 is 2.88 bits per heavy atom. The molecule has 0 aromatic heterocycles. The Hall–Kier alpha value is -0.190. The van der Waals surface area contributed by atoms with Gasteiger partial charge in [-0.05, 0) is 52.2 Å². The molecule has 2 nitrogen and oxygen atoms in total. The van der Waals surface area contributed by atoms with Crippen molar-refractivity contribution in [2.24, 2.45) is 5.92 Å². The van der Waals surface area contributed by atoms with Crippen molar-refractivity contribution in [1.82, 2.24) is 0 Å². The predicted molar refractivity (Wildman–Crippen MR) is 78.2 cm³/mol. The van der Waals surface area contributed by atoms with Crippen LogP contribution in [0.4, 0.5) is 5.69 Å². The first-order valence-corrected chi connectivity index (χ1v) is 7.20. The van der Waals surface area contributed by atoms with Gasteiger partial charge >= 0.3 is 0 Å².